The highest BCUT2D eigenvalue weighted by Crippen LogP contribution is 2.37. The van der Waals surface area contributed by atoms with Gasteiger partial charge in [-0.05, 0) is 57.8 Å². The summed E-state index contributed by atoms with van der Waals surface area (Å²) in [6.07, 6.45) is 0.426. The zero-order valence-electron chi connectivity index (χ0n) is 18.5. The van der Waals surface area contributed by atoms with Crippen molar-refractivity contribution in [1.29, 1.82) is 0 Å². The summed E-state index contributed by atoms with van der Waals surface area (Å²) in [5, 5.41) is 2.81. The van der Waals surface area contributed by atoms with Gasteiger partial charge in [0.2, 0.25) is 0 Å². The summed E-state index contributed by atoms with van der Waals surface area (Å²) in [6, 6.07) is 26.2. The maximum Gasteiger partial charge on any atom is 0.193 e. The van der Waals surface area contributed by atoms with E-state index in [2.05, 4.69) is 24.3 Å². The standard InChI is InChI=1S/C28H23O5P/c29-34-28-25-4-2-1-3-20(25)13-26(18-5-9-21(10-6-18)30-14-23-16-32-23)27(28)19-7-11-22(12-8-19)31-15-24-17-33-24/h1-13,23-24H,14-17H2. The predicted molar refractivity (Wildman–Crippen MR) is 133 cm³/mol. The first-order valence-electron chi connectivity index (χ1n) is 11.4. The molecule has 0 aromatic heterocycles. The Morgan fingerprint density at radius 1 is 0.765 bits per heavy atom. The van der Waals surface area contributed by atoms with Gasteiger partial charge in [-0.3, -0.25) is 4.57 Å². The van der Waals surface area contributed by atoms with Crippen molar-refractivity contribution in [3.05, 3.63) is 78.9 Å². The predicted octanol–water partition coefficient (Wildman–Crippen LogP) is 5.65. The fraction of sp³-hybridized carbons (Fsp3) is 0.214. The van der Waals surface area contributed by atoms with E-state index in [-0.39, 0.29) is 20.7 Å². The first kappa shape index (κ1) is 21.3. The third kappa shape index (κ3) is 4.55. The second kappa shape index (κ2) is 9.19. The van der Waals surface area contributed by atoms with Crippen molar-refractivity contribution in [2.45, 2.75) is 12.2 Å². The van der Waals surface area contributed by atoms with Crippen LogP contribution in [0.25, 0.3) is 33.0 Å². The molecule has 2 fully saturated rings. The van der Waals surface area contributed by atoms with Crippen LogP contribution >= 0.6 is 8.46 Å². The lowest BCUT2D eigenvalue weighted by molar-refractivity contribution is 0.263. The van der Waals surface area contributed by atoms with E-state index >= 15 is 0 Å². The Morgan fingerprint density at radius 3 is 1.88 bits per heavy atom. The van der Waals surface area contributed by atoms with Crippen LogP contribution in [0.3, 0.4) is 0 Å². The van der Waals surface area contributed by atoms with Crippen LogP contribution in [0.5, 0.6) is 11.5 Å². The molecule has 2 unspecified atom stereocenters. The average Bonchev–Trinajstić information content (AvgIpc) is 3.81. The molecule has 0 bridgehead atoms. The molecule has 0 saturated carbocycles. The van der Waals surface area contributed by atoms with E-state index < -0.39 is 0 Å². The first-order chi connectivity index (χ1) is 16.8. The Balaban J connectivity index is 1.41. The van der Waals surface area contributed by atoms with Crippen molar-refractivity contribution in [2.75, 3.05) is 26.4 Å². The monoisotopic (exact) mass is 470 g/mol. The van der Waals surface area contributed by atoms with E-state index in [1.165, 1.54) is 0 Å². The Hall–Kier alpha value is -3.24. The molecule has 0 N–H and O–H groups in total. The van der Waals surface area contributed by atoms with Gasteiger partial charge in [0, 0.05) is 5.56 Å². The van der Waals surface area contributed by atoms with Crippen LogP contribution in [0.4, 0.5) is 0 Å². The molecule has 6 rings (SSSR count). The summed E-state index contributed by atoms with van der Waals surface area (Å²) in [6.45, 7) is 2.67. The summed E-state index contributed by atoms with van der Waals surface area (Å²) >= 11 is 0. The van der Waals surface area contributed by atoms with Crippen LogP contribution < -0.4 is 14.8 Å². The summed E-state index contributed by atoms with van der Waals surface area (Å²) in [5.74, 6) is 1.61. The zero-order chi connectivity index (χ0) is 22.9. The fourth-order valence-corrected chi connectivity index (χ4v) is 4.74. The molecule has 0 amide bonds. The number of rotatable bonds is 9. The van der Waals surface area contributed by atoms with Gasteiger partial charge in [-0.25, -0.2) is 0 Å². The highest BCUT2D eigenvalue weighted by Gasteiger charge is 2.24. The van der Waals surface area contributed by atoms with Crippen molar-refractivity contribution in [3.8, 4) is 33.8 Å². The lowest BCUT2D eigenvalue weighted by Gasteiger charge is -2.16. The lowest BCUT2D eigenvalue weighted by Crippen LogP contribution is -2.05. The minimum absolute atomic E-state index is 0.0213. The summed E-state index contributed by atoms with van der Waals surface area (Å²) in [7, 11) is -0.0213. The van der Waals surface area contributed by atoms with Crippen LogP contribution in [-0.4, -0.2) is 38.6 Å². The van der Waals surface area contributed by atoms with Crippen molar-refractivity contribution < 1.29 is 23.5 Å². The minimum Gasteiger partial charge on any atom is -0.491 e. The summed E-state index contributed by atoms with van der Waals surface area (Å²) in [5.41, 5.74) is 3.99. The molecule has 0 aliphatic carbocycles. The minimum atomic E-state index is -0.0213. The van der Waals surface area contributed by atoms with Crippen molar-refractivity contribution in [3.63, 3.8) is 0 Å². The molecular weight excluding hydrogens is 447 g/mol. The van der Waals surface area contributed by atoms with Crippen LogP contribution in [0, 0.1) is 0 Å². The second-order valence-electron chi connectivity index (χ2n) is 8.54. The van der Waals surface area contributed by atoms with Gasteiger partial charge in [0.25, 0.3) is 0 Å². The molecule has 6 heteroatoms. The highest BCUT2D eigenvalue weighted by molar-refractivity contribution is 7.35. The van der Waals surface area contributed by atoms with Gasteiger partial charge in [0.05, 0.1) is 18.5 Å². The van der Waals surface area contributed by atoms with Gasteiger partial charge >= 0.3 is 0 Å². The van der Waals surface area contributed by atoms with E-state index in [9.17, 15) is 4.57 Å². The maximum atomic E-state index is 12.5. The lowest BCUT2D eigenvalue weighted by atomic mass is 9.91. The quantitative estimate of drug-likeness (QED) is 0.234. The number of ether oxygens (including phenoxy) is 4. The molecule has 2 aliphatic heterocycles. The molecule has 2 aliphatic rings. The molecule has 0 spiro atoms. The third-order valence-corrected chi connectivity index (χ3v) is 6.75. The fourth-order valence-electron chi connectivity index (χ4n) is 4.10. The molecule has 4 aromatic carbocycles. The number of hydrogen-bond donors (Lipinski definition) is 0. The Kier molecular flexibility index (Phi) is 5.76. The smallest absolute Gasteiger partial charge is 0.193 e. The molecule has 34 heavy (non-hydrogen) atoms. The van der Waals surface area contributed by atoms with Gasteiger partial charge in [0.1, 0.15) is 36.9 Å². The van der Waals surface area contributed by atoms with Crippen molar-refractivity contribution in [2.24, 2.45) is 0 Å². The van der Waals surface area contributed by atoms with Gasteiger partial charge in [-0.2, -0.15) is 0 Å². The molecular formula is C28H23O5P. The SMILES string of the molecule is O=Pc1c(-c2ccc(OCC3CO3)cc2)c(-c2ccc(OCC3CO3)cc2)cc2ccccc12. The van der Waals surface area contributed by atoms with Gasteiger partial charge in [-0.15, -0.1) is 0 Å². The second-order valence-corrected chi connectivity index (χ2v) is 9.17. The summed E-state index contributed by atoms with van der Waals surface area (Å²) < 4.78 is 34.5. The van der Waals surface area contributed by atoms with Crippen molar-refractivity contribution >= 4 is 24.5 Å². The molecule has 170 valence electrons. The highest BCUT2D eigenvalue weighted by atomic mass is 31.1. The number of hydrogen-bond acceptors (Lipinski definition) is 5. The number of fused-ring (bicyclic) bond motifs is 1. The molecule has 5 nitrogen and oxygen atoms in total. The number of benzene rings is 4. The van der Waals surface area contributed by atoms with E-state index in [4.69, 9.17) is 18.9 Å². The molecule has 2 saturated heterocycles. The van der Waals surface area contributed by atoms with Gasteiger partial charge < -0.3 is 18.9 Å². The largest absolute Gasteiger partial charge is 0.491 e. The van der Waals surface area contributed by atoms with Crippen molar-refractivity contribution in [1.82, 2.24) is 0 Å². The molecule has 0 radical (unpaired) electrons. The van der Waals surface area contributed by atoms with Gasteiger partial charge in [-0.1, -0.05) is 48.5 Å². The van der Waals surface area contributed by atoms with Crippen LogP contribution in [0.1, 0.15) is 0 Å². The van der Waals surface area contributed by atoms with E-state index in [1.807, 2.05) is 54.6 Å². The summed E-state index contributed by atoms with van der Waals surface area (Å²) in [4.78, 5) is 0. The third-order valence-electron chi connectivity index (χ3n) is 6.10. The Bertz CT molecular complexity index is 1330. The zero-order valence-corrected chi connectivity index (χ0v) is 19.4. The van der Waals surface area contributed by atoms with Crippen LogP contribution in [0.2, 0.25) is 0 Å². The van der Waals surface area contributed by atoms with Crippen LogP contribution in [-0.2, 0) is 14.0 Å². The molecule has 4 aromatic rings. The number of epoxide rings is 2. The van der Waals surface area contributed by atoms with E-state index in [1.54, 1.807) is 0 Å². The van der Waals surface area contributed by atoms with Crippen LogP contribution in [0.15, 0.2) is 78.9 Å². The normalized spacial score (nSPS) is 18.7. The topological polar surface area (TPSA) is 60.6 Å². The Morgan fingerprint density at radius 2 is 1.32 bits per heavy atom. The Labute approximate surface area is 199 Å². The van der Waals surface area contributed by atoms with Gasteiger partial charge in [0.15, 0.2) is 8.46 Å². The maximum absolute atomic E-state index is 12.5. The van der Waals surface area contributed by atoms with E-state index in [0.29, 0.717) is 13.2 Å². The molecule has 2 atom stereocenters. The average molecular weight is 470 g/mol. The molecule has 2 heterocycles. The first-order valence-corrected chi connectivity index (χ1v) is 12.2. The van der Waals surface area contributed by atoms with E-state index in [0.717, 1.165) is 63.0 Å².